The lowest BCUT2D eigenvalue weighted by Gasteiger charge is -2.24. The number of halogens is 2. The third-order valence-electron chi connectivity index (χ3n) is 3.33. The van der Waals surface area contributed by atoms with Crippen LogP contribution in [-0.4, -0.2) is 33.0 Å². The summed E-state index contributed by atoms with van der Waals surface area (Å²) in [6, 6.07) is 0. The van der Waals surface area contributed by atoms with Crippen LogP contribution in [0.2, 0.25) is 0 Å². The van der Waals surface area contributed by atoms with Gasteiger partial charge in [-0.05, 0) is 26.7 Å². The molecule has 0 aromatic rings. The standard InChI is InChI=1S/C10H12Cl2N4O2/c1-5-9(11,7(17)15-13-5)3-4-10(12)6(2)14-16-8(10)18/h3-4H2,1-2H3,(H,15,17)(H,16,18). The fourth-order valence-corrected chi connectivity index (χ4v) is 2.24. The van der Waals surface area contributed by atoms with Gasteiger partial charge in [0.25, 0.3) is 11.8 Å². The number of carbonyl (C=O) groups excluding carboxylic acids is 2. The van der Waals surface area contributed by atoms with E-state index in [0.29, 0.717) is 11.4 Å². The Hall–Kier alpha value is -1.14. The predicted molar refractivity (Wildman–Crippen MR) is 68.9 cm³/mol. The summed E-state index contributed by atoms with van der Waals surface area (Å²) in [5, 5.41) is 7.58. The van der Waals surface area contributed by atoms with Gasteiger partial charge in [-0.2, -0.15) is 10.2 Å². The summed E-state index contributed by atoms with van der Waals surface area (Å²) in [4.78, 5) is 20.8. The first-order chi connectivity index (χ1) is 8.30. The summed E-state index contributed by atoms with van der Waals surface area (Å²) in [5.74, 6) is -0.787. The molecule has 0 radical (unpaired) electrons. The molecule has 0 aromatic carbocycles. The largest absolute Gasteiger partial charge is 0.271 e. The van der Waals surface area contributed by atoms with E-state index in [2.05, 4.69) is 21.1 Å². The van der Waals surface area contributed by atoms with Gasteiger partial charge in [-0.1, -0.05) is 0 Å². The van der Waals surface area contributed by atoms with Crippen LogP contribution in [0.15, 0.2) is 10.2 Å². The molecule has 2 aliphatic rings. The van der Waals surface area contributed by atoms with Crippen LogP contribution in [0.25, 0.3) is 0 Å². The minimum Gasteiger partial charge on any atom is -0.271 e. The fourth-order valence-electron chi connectivity index (χ4n) is 1.89. The predicted octanol–water partition coefficient (Wildman–Crippen LogP) is 0.733. The highest BCUT2D eigenvalue weighted by Gasteiger charge is 2.49. The molecule has 0 aliphatic carbocycles. The molecule has 2 amide bonds. The Bertz CT molecular complexity index is 446. The van der Waals surface area contributed by atoms with E-state index in [4.69, 9.17) is 23.2 Å². The molecule has 8 heteroatoms. The summed E-state index contributed by atoms with van der Waals surface area (Å²) >= 11 is 12.5. The van der Waals surface area contributed by atoms with Crippen molar-refractivity contribution < 1.29 is 9.59 Å². The summed E-state index contributed by atoms with van der Waals surface area (Å²) in [7, 11) is 0. The van der Waals surface area contributed by atoms with Crippen LogP contribution in [0.5, 0.6) is 0 Å². The molecule has 2 atom stereocenters. The second-order valence-electron chi connectivity index (χ2n) is 4.38. The third kappa shape index (κ3) is 1.80. The summed E-state index contributed by atoms with van der Waals surface area (Å²) in [5.41, 5.74) is 5.58. The Kier molecular flexibility index (Phi) is 3.11. The quantitative estimate of drug-likeness (QED) is 0.751. The van der Waals surface area contributed by atoms with Gasteiger partial charge in [0.2, 0.25) is 0 Å². The smallest absolute Gasteiger partial charge is 0.267 e. The maximum absolute atomic E-state index is 11.6. The third-order valence-corrected chi connectivity index (χ3v) is 4.60. The van der Waals surface area contributed by atoms with Gasteiger partial charge in [0, 0.05) is 0 Å². The van der Waals surface area contributed by atoms with E-state index in [1.165, 1.54) is 0 Å². The van der Waals surface area contributed by atoms with Crippen molar-refractivity contribution in [1.82, 2.24) is 10.9 Å². The molecule has 2 N–H and O–H groups in total. The van der Waals surface area contributed by atoms with Crippen LogP contribution in [0.4, 0.5) is 0 Å². The van der Waals surface area contributed by atoms with E-state index >= 15 is 0 Å². The van der Waals surface area contributed by atoms with Crippen LogP contribution >= 0.6 is 23.2 Å². The Labute approximate surface area is 114 Å². The lowest BCUT2D eigenvalue weighted by Crippen LogP contribution is -2.44. The fraction of sp³-hybridized carbons (Fsp3) is 0.600. The number of hydrogen-bond acceptors (Lipinski definition) is 4. The average Bonchev–Trinajstić information content (AvgIpc) is 2.74. The topological polar surface area (TPSA) is 82.9 Å². The van der Waals surface area contributed by atoms with Gasteiger partial charge in [-0.25, -0.2) is 10.9 Å². The zero-order valence-electron chi connectivity index (χ0n) is 9.88. The zero-order valence-corrected chi connectivity index (χ0v) is 11.4. The lowest BCUT2D eigenvalue weighted by molar-refractivity contribution is -0.123. The second-order valence-corrected chi connectivity index (χ2v) is 5.67. The molecule has 2 rings (SSSR count). The number of alkyl halides is 2. The molecule has 2 aliphatic heterocycles. The molecule has 0 aromatic heterocycles. The average molecular weight is 291 g/mol. The zero-order chi connectivity index (χ0) is 13.6. The van der Waals surface area contributed by atoms with Crippen molar-refractivity contribution in [2.75, 3.05) is 0 Å². The molecule has 0 saturated heterocycles. The number of nitrogens with zero attached hydrogens (tertiary/aromatic N) is 2. The summed E-state index contributed by atoms with van der Waals surface area (Å²) in [6.45, 7) is 3.31. The van der Waals surface area contributed by atoms with Crippen LogP contribution in [-0.2, 0) is 9.59 Å². The molecule has 0 saturated carbocycles. The van der Waals surface area contributed by atoms with Crippen molar-refractivity contribution in [1.29, 1.82) is 0 Å². The number of rotatable bonds is 3. The van der Waals surface area contributed by atoms with E-state index < -0.39 is 21.6 Å². The highest BCUT2D eigenvalue weighted by Crippen LogP contribution is 2.35. The minimum atomic E-state index is -1.23. The molecule has 0 spiro atoms. The molecule has 0 bridgehead atoms. The summed E-state index contributed by atoms with van der Waals surface area (Å²) in [6.07, 6.45) is 0.416. The van der Waals surface area contributed by atoms with Crippen molar-refractivity contribution in [3.8, 4) is 0 Å². The second kappa shape index (κ2) is 4.20. The van der Waals surface area contributed by atoms with Gasteiger partial charge in [0.05, 0.1) is 11.4 Å². The van der Waals surface area contributed by atoms with Crippen molar-refractivity contribution in [3.05, 3.63) is 0 Å². The van der Waals surface area contributed by atoms with E-state index in [0.717, 1.165) is 0 Å². The molecular weight excluding hydrogens is 279 g/mol. The van der Waals surface area contributed by atoms with Crippen molar-refractivity contribution >= 4 is 46.4 Å². The first-order valence-corrected chi connectivity index (χ1v) is 6.14. The van der Waals surface area contributed by atoms with Gasteiger partial charge < -0.3 is 0 Å². The molecule has 98 valence electrons. The number of hydrogen-bond donors (Lipinski definition) is 2. The normalized spacial score (nSPS) is 35.1. The highest BCUT2D eigenvalue weighted by molar-refractivity contribution is 6.50. The van der Waals surface area contributed by atoms with E-state index in [1.54, 1.807) is 13.8 Å². The number of carbonyl (C=O) groups is 2. The molecule has 18 heavy (non-hydrogen) atoms. The molecule has 2 heterocycles. The van der Waals surface area contributed by atoms with E-state index in [1.807, 2.05) is 0 Å². The Morgan fingerprint density at radius 1 is 0.944 bits per heavy atom. The van der Waals surface area contributed by atoms with E-state index in [-0.39, 0.29) is 12.8 Å². The van der Waals surface area contributed by atoms with Crippen LogP contribution < -0.4 is 10.9 Å². The van der Waals surface area contributed by atoms with Gasteiger partial charge >= 0.3 is 0 Å². The van der Waals surface area contributed by atoms with Gasteiger partial charge in [0.1, 0.15) is 0 Å². The lowest BCUT2D eigenvalue weighted by atomic mass is 9.89. The van der Waals surface area contributed by atoms with Crippen LogP contribution in [0, 0.1) is 0 Å². The van der Waals surface area contributed by atoms with Crippen molar-refractivity contribution in [2.24, 2.45) is 10.2 Å². The SMILES string of the molecule is CC1=NNC(=O)C1(Cl)CCC1(Cl)C(=O)NN=C1C. The molecule has 2 unspecified atom stereocenters. The molecular formula is C10H12Cl2N4O2. The number of hydrazone groups is 2. The Balaban J connectivity index is 2.13. The van der Waals surface area contributed by atoms with Crippen LogP contribution in [0.1, 0.15) is 26.7 Å². The van der Waals surface area contributed by atoms with Crippen molar-refractivity contribution in [3.63, 3.8) is 0 Å². The highest BCUT2D eigenvalue weighted by atomic mass is 35.5. The molecule has 6 nitrogen and oxygen atoms in total. The Morgan fingerprint density at radius 3 is 1.50 bits per heavy atom. The maximum Gasteiger partial charge on any atom is 0.267 e. The van der Waals surface area contributed by atoms with Crippen LogP contribution in [0.3, 0.4) is 0 Å². The Morgan fingerprint density at radius 2 is 1.28 bits per heavy atom. The van der Waals surface area contributed by atoms with Gasteiger partial charge in [-0.15, -0.1) is 23.2 Å². The summed E-state index contributed by atoms with van der Waals surface area (Å²) < 4.78 is 0. The van der Waals surface area contributed by atoms with E-state index in [9.17, 15) is 9.59 Å². The first-order valence-electron chi connectivity index (χ1n) is 5.39. The number of amides is 2. The van der Waals surface area contributed by atoms with Gasteiger partial charge in [-0.3, -0.25) is 9.59 Å². The molecule has 0 fully saturated rings. The minimum absolute atomic E-state index is 0.208. The van der Waals surface area contributed by atoms with Crippen molar-refractivity contribution in [2.45, 2.75) is 36.4 Å². The monoisotopic (exact) mass is 290 g/mol. The number of nitrogens with one attached hydrogen (secondary N) is 2. The first kappa shape index (κ1) is 13.3. The van der Waals surface area contributed by atoms with Gasteiger partial charge in [0.15, 0.2) is 9.75 Å². The maximum atomic E-state index is 11.6.